The molecular weight excluding hydrogens is 400 g/mol. The molecule has 6 nitrogen and oxygen atoms in total. The predicted molar refractivity (Wildman–Crippen MR) is 116 cm³/mol. The molecule has 1 aliphatic heterocycles. The monoisotopic (exact) mass is 427 g/mol. The summed E-state index contributed by atoms with van der Waals surface area (Å²) in [5.41, 5.74) is 1.17. The van der Waals surface area contributed by atoms with Crippen molar-refractivity contribution in [3.8, 4) is 0 Å². The van der Waals surface area contributed by atoms with E-state index >= 15 is 0 Å². The van der Waals surface area contributed by atoms with Gasteiger partial charge in [-0.3, -0.25) is 4.79 Å². The lowest BCUT2D eigenvalue weighted by Gasteiger charge is -2.32. The topological polar surface area (TPSA) is 84.9 Å². The maximum absolute atomic E-state index is 13.3. The zero-order chi connectivity index (χ0) is 22.8. The number of aliphatic carboxylic acids is 1. The van der Waals surface area contributed by atoms with Crippen LogP contribution in [0.4, 0.5) is 4.39 Å². The van der Waals surface area contributed by atoms with E-state index in [0.717, 1.165) is 11.0 Å². The van der Waals surface area contributed by atoms with Crippen molar-refractivity contribution < 1.29 is 28.4 Å². The molecule has 1 fully saturated rings. The van der Waals surface area contributed by atoms with Crippen molar-refractivity contribution in [2.24, 2.45) is 0 Å². The number of carboxylic acid groups (broad SMARTS) is 1. The van der Waals surface area contributed by atoms with Crippen LogP contribution in [0.3, 0.4) is 0 Å². The third-order valence-corrected chi connectivity index (χ3v) is 5.83. The molecule has 164 valence electrons. The highest BCUT2D eigenvalue weighted by Gasteiger charge is 2.51. The lowest BCUT2D eigenvalue weighted by atomic mass is 9.78. The molecule has 1 saturated heterocycles. The third-order valence-electron chi connectivity index (χ3n) is 5.83. The van der Waals surface area contributed by atoms with Crippen molar-refractivity contribution in [3.63, 3.8) is 0 Å². The van der Waals surface area contributed by atoms with Crippen LogP contribution in [0.1, 0.15) is 38.8 Å². The van der Waals surface area contributed by atoms with Gasteiger partial charge in [0.2, 0.25) is 5.91 Å². The molecule has 0 aliphatic carbocycles. The Balaban J connectivity index is 1.63. The zero-order valence-corrected chi connectivity index (χ0v) is 18.1. The summed E-state index contributed by atoms with van der Waals surface area (Å²) in [7, 11) is -0.500. The normalized spacial score (nSPS) is 17.9. The highest BCUT2D eigenvalue weighted by atomic mass is 19.1. The van der Waals surface area contributed by atoms with Gasteiger partial charge in [-0.05, 0) is 56.4 Å². The Labute approximate surface area is 181 Å². The van der Waals surface area contributed by atoms with Gasteiger partial charge in [0.25, 0.3) is 0 Å². The minimum absolute atomic E-state index is 0.0948. The van der Waals surface area contributed by atoms with E-state index in [2.05, 4.69) is 5.32 Å². The quantitative estimate of drug-likeness (QED) is 0.664. The molecule has 0 radical (unpaired) electrons. The number of hydrogen-bond donors (Lipinski definition) is 2. The standard InChI is InChI=1S/C23H27BFNO5/c1-22(2)23(3,4)31-24(30-22)17-10-8-15(9-11-17)13-19(21(28)29)26-20(27)14-16-6-5-7-18(25)12-16/h5-12,19H,13-14H2,1-4H3,(H,26,27)(H,28,29)/t19-/m1/s1. The van der Waals surface area contributed by atoms with E-state index in [0.29, 0.717) is 5.56 Å². The van der Waals surface area contributed by atoms with Crippen LogP contribution in [0.2, 0.25) is 0 Å². The number of carbonyl (C=O) groups is 2. The number of carbonyl (C=O) groups excluding carboxylic acids is 1. The summed E-state index contributed by atoms with van der Waals surface area (Å²) in [6.45, 7) is 7.91. The van der Waals surface area contributed by atoms with Gasteiger partial charge in [0.1, 0.15) is 11.9 Å². The van der Waals surface area contributed by atoms with Gasteiger partial charge in [0.05, 0.1) is 17.6 Å². The first-order valence-corrected chi connectivity index (χ1v) is 10.2. The first kappa shape index (κ1) is 23.0. The summed E-state index contributed by atoms with van der Waals surface area (Å²) in [5, 5.41) is 12.0. The summed E-state index contributed by atoms with van der Waals surface area (Å²) in [6, 6.07) is 11.9. The molecule has 31 heavy (non-hydrogen) atoms. The van der Waals surface area contributed by atoms with E-state index < -0.39 is 42.1 Å². The second-order valence-corrected chi connectivity index (χ2v) is 8.80. The first-order valence-electron chi connectivity index (χ1n) is 10.2. The maximum Gasteiger partial charge on any atom is 0.494 e. The number of halogens is 1. The van der Waals surface area contributed by atoms with Crippen LogP contribution in [0, 0.1) is 5.82 Å². The average Bonchev–Trinajstić information content (AvgIpc) is 2.89. The van der Waals surface area contributed by atoms with Crippen LogP contribution >= 0.6 is 0 Å². The van der Waals surface area contributed by atoms with Crippen LogP contribution in [0.15, 0.2) is 48.5 Å². The highest BCUT2D eigenvalue weighted by Crippen LogP contribution is 2.36. The largest absolute Gasteiger partial charge is 0.494 e. The summed E-state index contributed by atoms with van der Waals surface area (Å²) < 4.78 is 25.3. The molecule has 0 spiro atoms. The lowest BCUT2D eigenvalue weighted by molar-refractivity contribution is -0.141. The smallest absolute Gasteiger partial charge is 0.480 e. The van der Waals surface area contributed by atoms with Crippen molar-refractivity contribution in [2.75, 3.05) is 0 Å². The van der Waals surface area contributed by atoms with Gasteiger partial charge in [0, 0.05) is 6.42 Å². The molecule has 2 aromatic carbocycles. The minimum Gasteiger partial charge on any atom is -0.480 e. The molecule has 2 N–H and O–H groups in total. The van der Waals surface area contributed by atoms with Gasteiger partial charge in [-0.2, -0.15) is 0 Å². The predicted octanol–water partition coefficient (Wildman–Crippen LogP) is 2.48. The summed E-state index contributed by atoms with van der Waals surface area (Å²) >= 11 is 0. The fraction of sp³-hybridized carbons (Fsp3) is 0.391. The van der Waals surface area contributed by atoms with Gasteiger partial charge in [-0.15, -0.1) is 0 Å². The number of rotatable bonds is 7. The van der Waals surface area contributed by atoms with Crippen LogP contribution < -0.4 is 10.8 Å². The molecule has 2 aromatic rings. The van der Waals surface area contributed by atoms with Crippen molar-refractivity contribution in [1.29, 1.82) is 0 Å². The SMILES string of the molecule is CC1(C)OB(c2ccc(C[C@@H](NC(=O)Cc3cccc(F)c3)C(=O)O)cc2)OC1(C)C. The van der Waals surface area contributed by atoms with Gasteiger partial charge >= 0.3 is 13.1 Å². The Morgan fingerprint density at radius 2 is 1.65 bits per heavy atom. The summed E-state index contributed by atoms with van der Waals surface area (Å²) in [6.07, 6.45) is 0.0241. The maximum atomic E-state index is 13.3. The Bertz CT molecular complexity index is 945. The fourth-order valence-corrected chi connectivity index (χ4v) is 3.30. The summed E-state index contributed by atoms with van der Waals surface area (Å²) in [4.78, 5) is 23.9. The minimum atomic E-state index is -1.14. The molecule has 0 bridgehead atoms. The molecule has 0 unspecified atom stereocenters. The molecular formula is C23H27BFNO5. The molecule has 1 amide bonds. The number of carboxylic acids is 1. The van der Waals surface area contributed by atoms with E-state index in [1.807, 2.05) is 39.8 Å². The third kappa shape index (κ3) is 5.51. The van der Waals surface area contributed by atoms with Crippen LogP contribution in [0.25, 0.3) is 0 Å². The van der Waals surface area contributed by atoms with E-state index in [-0.39, 0.29) is 12.8 Å². The number of nitrogens with one attached hydrogen (secondary N) is 1. The molecule has 1 atom stereocenters. The van der Waals surface area contributed by atoms with Gasteiger partial charge in [-0.1, -0.05) is 36.4 Å². The molecule has 8 heteroatoms. The van der Waals surface area contributed by atoms with E-state index in [1.54, 1.807) is 18.2 Å². The number of hydrogen-bond acceptors (Lipinski definition) is 4. The van der Waals surface area contributed by atoms with Crippen molar-refractivity contribution in [1.82, 2.24) is 5.32 Å². The first-order chi connectivity index (χ1) is 14.5. The van der Waals surface area contributed by atoms with E-state index in [4.69, 9.17) is 9.31 Å². The molecule has 1 aliphatic rings. The zero-order valence-electron chi connectivity index (χ0n) is 18.1. The van der Waals surface area contributed by atoms with Crippen molar-refractivity contribution in [3.05, 3.63) is 65.5 Å². The Hall–Kier alpha value is -2.71. The fourth-order valence-electron chi connectivity index (χ4n) is 3.30. The Morgan fingerprint density at radius 1 is 1.03 bits per heavy atom. The van der Waals surface area contributed by atoms with Crippen LogP contribution in [-0.4, -0.2) is 41.3 Å². The van der Waals surface area contributed by atoms with Gasteiger partial charge in [-0.25, -0.2) is 9.18 Å². The average molecular weight is 427 g/mol. The lowest BCUT2D eigenvalue weighted by Crippen LogP contribution is -2.43. The summed E-state index contributed by atoms with van der Waals surface area (Å²) in [5.74, 6) is -2.06. The number of benzene rings is 2. The second kappa shape index (κ2) is 8.81. The molecule has 0 aromatic heterocycles. The van der Waals surface area contributed by atoms with Gasteiger partial charge in [0.15, 0.2) is 0 Å². The van der Waals surface area contributed by atoms with Crippen LogP contribution in [-0.2, 0) is 31.7 Å². The number of amides is 1. The molecule has 3 rings (SSSR count). The van der Waals surface area contributed by atoms with Gasteiger partial charge < -0.3 is 19.7 Å². The highest BCUT2D eigenvalue weighted by molar-refractivity contribution is 6.62. The van der Waals surface area contributed by atoms with Crippen LogP contribution in [0.5, 0.6) is 0 Å². The second-order valence-electron chi connectivity index (χ2n) is 8.80. The Kier molecular flexibility index (Phi) is 6.52. The molecule has 0 saturated carbocycles. The van der Waals surface area contributed by atoms with E-state index in [9.17, 15) is 19.1 Å². The van der Waals surface area contributed by atoms with E-state index in [1.165, 1.54) is 18.2 Å². The van der Waals surface area contributed by atoms with Crippen molar-refractivity contribution in [2.45, 2.75) is 57.8 Å². The Morgan fingerprint density at radius 3 is 2.19 bits per heavy atom. The molecule has 1 heterocycles. The van der Waals surface area contributed by atoms with Crippen molar-refractivity contribution >= 4 is 24.5 Å².